The first-order valence-electron chi connectivity index (χ1n) is 16.9. The van der Waals surface area contributed by atoms with Crippen LogP contribution in [0.5, 0.6) is 5.75 Å². The molecule has 44 heavy (non-hydrogen) atoms. The maximum absolute atomic E-state index is 14.6. The number of phenols is 1. The number of esters is 1. The van der Waals surface area contributed by atoms with Crippen LogP contribution in [0.15, 0.2) is 35.9 Å². The molecule has 0 unspecified atom stereocenters. The third kappa shape index (κ3) is 4.28. The van der Waals surface area contributed by atoms with Gasteiger partial charge in [0.25, 0.3) is 0 Å². The first-order chi connectivity index (χ1) is 20.4. The molecular formula is C38H53NO5. The highest BCUT2D eigenvalue weighted by molar-refractivity contribution is 5.97. The Bertz CT molecular complexity index is 1430. The van der Waals surface area contributed by atoms with E-state index in [4.69, 9.17) is 4.74 Å². The zero-order valence-electron chi connectivity index (χ0n) is 28.1. The average Bonchev–Trinajstić information content (AvgIpc) is 2.93. The maximum atomic E-state index is 14.6. The van der Waals surface area contributed by atoms with Crippen LogP contribution in [0.1, 0.15) is 113 Å². The number of anilines is 1. The molecule has 4 fully saturated rings. The molecule has 6 rings (SSSR count). The predicted octanol–water partition coefficient (Wildman–Crippen LogP) is 8.24. The van der Waals surface area contributed by atoms with Crippen molar-refractivity contribution in [2.75, 3.05) is 5.32 Å². The molecule has 2 N–H and O–H groups in total. The van der Waals surface area contributed by atoms with Crippen molar-refractivity contribution in [3.63, 3.8) is 0 Å². The number of allylic oxidation sites excluding steroid dienone is 2. The lowest BCUT2D eigenvalue weighted by atomic mass is 9.33. The number of carbonyl (C=O) groups excluding carboxylic acids is 3. The number of aromatic hydroxyl groups is 1. The molecule has 0 spiro atoms. The van der Waals surface area contributed by atoms with Crippen LogP contribution >= 0.6 is 0 Å². The van der Waals surface area contributed by atoms with Gasteiger partial charge in [0, 0.05) is 23.7 Å². The van der Waals surface area contributed by atoms with Gasteiger partial charge in [-0.25, -0.2) is 0 Å². The Kier molecular flexibility index (Phi) is 7.08. The molecule has 0 aromatic heterocycles. The van der Waals surface area contributed by atoms with Crippen LogP contribution in [0, 0.1) is 50.2 Å². The summed E-state index contributed by atoms with van der Waals surface area (Å²) in [6.45, 7) is 17.7. The molecule has 0 aliphatic heterocycles. The lowest BCUT2D eigenvalue weighted by Gasteiger charge is -2.70. The largest absolute Gasteiger partial charge is 0.506 e. The summed E-state index contributed by atoms with van der Waals surface area (Å²) in [5.74, 6) is 0.425. The lowest BCUT2D eigenvalue weighted by Crippen LogP contribution is -2.66. The van der Waals surface area contributed by atoms with Gasteiger partial charge in [-0.1, -0.05) is 66.2 Å². The van der Waals surface area contributed by atoms with Crippen molar-refractivity contribution in [3.8, 4) is 5.75 Å². The molecule has 5 aliphatic carbocycles. The Labute approximate surface area is 263 Å². The Balaban J connectivity index is 1.35. The number of benzene rings is 1. The van der Waals surface area contributed by atoms with Gasteiger partial charge in [-0.05, 0) is 109 Å². The second-order valence-electron chi connectivity index (χ2n) is 17.2. The topological polar surface area (TPSA) is 92.7 Å². The Hall–Kier alpha value is -2.63. The number of para-hydroxylation sites is 2. The first-order valence-corrected chi connectivity index (χ1v) is 16.9. The normalized spacial score (nSPS) is 44.2. The zero-order valence-corrected chi connectivity index (χ0v) is 28.1. The van der Waals surface area contributed by atoms with E-state index in [9.17, 15) is 19.5 Å². The molecule has 4 saturated carbocycles. The molecule has 0 heterocycles. The van der Waals surface area contributed by atoms with Crippen LogP contribution in [0.2, 0.25) is 0 Å². The highest BCUT2D eigenvalue weighted by Gasteiger charge is 2.70. The summed E-state index contributed by atoms with van der Waals surface area (Å²) < 4.78 is 5.86. The third-order valence-corrected chi connectivity index (χ3v) is 14.5. The van der Waals surface area contributed by atoms with Gasteiger partial charge in [0.15, 0.2) is 5.78 Å². The van der Waals surface area contributed by atoms with E-state index in [0.29, 0.717) is 18.0 Å². The quantitative estimate of drug-likeness (QED) is 0.268. The summed E-state index contributed by atoms with van der Waals surface area (Å²) in [5.41, 5.74) is 0.482. The van der Waals surface area contributed by atoms with Gasteiger partial charge in [0.1, 0.15) is 11.9 Å². The molecule has 0 saturated heterocycles. The number of ether oxygens (including phenoxy) is 1. The number of ketones is 1. The molecule has 240 valence electrons. The van der Waals surface area contributed by atoms with Gasteiger partial charge in [0.2, 0.25) is 5.91 Å². The fraction of sp³-hybridized carbons (Fsp3) is 0.711. The van der Waals surface area contributed by atoms with Gasteiger partial charge in [-0.15, -0.1) is 0 Å². The number of fused-ring (bicyclic) bond motifs is 7. The monoisotopic (exact) mass is 603 g/mol. The van der Waals surface area contributed by atoms with E-state index in [1.165, 1.54) is 12.5 Å². The molecule has 5 aliphatic rings. The van der Waals surface area contributed by atoms with Crippen molar-refractivity contribution in [2.24, 2.45) is 50.2 Å². The van der Waals surface area contributed by atoms with E-state index in [1.54, 1.807) is 18.2 Å². The highest BCUT2D eigenvalue weighted by atomic mass is 16.5. The average molecular weight is 604 g/mol. The minimum absolute atomic E-state index is 0.0503. The summed E-state index contributed by atoms with van der Waals surface area (Å²) >= 11 is 0. The molecule has 9 atom stereocenters. The number of hydrogen-bond donors (Lipinski definition) is 2. The van der Waals surface area contributed by atoms with Crippen LogP contribution in [-0.2, 0) is 19.1 Å². The summed E-state index contributed by atoms with van der Waals surface area (Å²) in [5, 5.41) is 13.4. The third-order valence-electron chi connectivity index (χ3n) is 14.5. The van der Waals surface area contributed by atoms with Gasteiger partial charge in [-0.2, -0.15) is 0 Å². The van der Waals surface area contributed by atoms with Gasteiger partial charge < -0.3 is 15.2 Å². The van der Waals surface area contributed by atoms with Gasteiger partial charge in [0.05, 0.1) is 5.69 Å². The van der Waals surface area contributed by atoms with Crippen LogP contribution in [0.3, 0.4) is 0 Å². The number of phenolic OH excluding ortho intramolecular Hbond substituents is 1. The van der Waals surface area contributed by atoms with E-state index >= 15 is 0 Å². The molecule has 1 amide bonds. The predicted molar refractivity (Wildman–Crippen MR) is 172 cm³/mol. The Morgan fingerprint density at radius 3 is 2.27 bits per heavy atom. The molecule has 6 heteroatoms. The van der Waals surface area contributed by atoms with Crippen molar-refractivity contribution in [2.45, 2.75) is 119 Å². The molecule has 6 nitrogen and oxygen atoms in total. The lowest BCUT2D eigenvalue weighted by molar-refractivity contribution is -0.210. The van der Waals surface area contributed by atoms with Crippen LogP contribution in [0.4, 0.5) is 5.69 Å². The number of nitrogens with one attached hydrogen (secondary N) is 1. The van der Waals surface area contributed by atoms with Crippen molar-refractivity contribution in [1.29, 1.82) is 0 Å². The fourth-order valence-electron chi connectivity index (χ4n) is 11.6. The standard InChI is InChI=1S/C38H53NO5/c1-23(40)44-30-14-15-36(6)29(33(30,2)3)13-16-38(8)31(36)28(42)21-24-25-22-35(5,18-17-34(25,4)19-20-37(24,38)7)32(43)39-26-11-9-10-12-27(26)41/h9-12,21,25,29-31,41H,13-20,22H2,1-8H3,(H,39,43)/t25-,29+,30+,31+,34-,35+,36+,37-,38+/m0/s1. The summed E-state index contributed by atoms with van der Waals surface area (Å²) in [6, 6.07) is 6.90. The van der Waals surface area contributed by atoms with E-state index in [-0.39, 0.29) is 68.4 Å². The highest BCUT2D eigenvalue weighted by Crippen LogP contribution is 2.75. The van der Waals surface area contributed by atoms with Crippen LogP contribution in [0.25, 0.3) is 0 Å². The fourth-order valence-corrected chi connectivity index (χ4v) is 11.6. The molecular weight excluding hydrogens is 550 g/mol. The van der Waals surface area contributed by atoms with E-state index in [0.717, 1.165) is 51.4 Å². The van der Waals surface area contributed by atoms with E-state index < -0.39 is 5.41 Å². The summed E-state index contributed by atoms with van der Waals surface area (Å²) in [6.07, 6.45) is 10.2. The van der Waals surface area contributed by atoms with Crippen molar-refractivity contribution in [3.05, 3.63) is 35.9 Å². The van der Waals surface area contributed by atoms with Gasteiger partial charge in [-0.3, -0.25) is 14.4 Å². The van der Waals surface area contributed by atoms with E-state index in [2.05, 4.69) is 59.9 Å². The second kappa shape index (κ2) is 9.93. The molecule has 0 bridgehead atoms. The molecule has 1 aromatic carbocycles. The summed E-state index contributed by atoms with van der Waals surface area (Å²) in [7, 11) is 0. The Morgan fingerprint density at radius 2 is 1.59 bits per heavy atom. The number of carbonyl (C=O) groups is 3. The number of amides is 1. The molecule has 1 aromatic rings. The number of rotatable bonds is 3. The summed E-state index contributed by atoms with van der Waals surface area (Å²) in [4.78, 5) is 40.5. The molecule has 0 radical (unpaired) electrons. The number of hydrogen-bond acceptors (Lipinski definition) is 5. The minimum Gasteiger partial charge on any atom is -0.506 e. The SMILES string of the molecule is CC(=O)O[C@@H]1CC[C@]2(C)[C@H](CC[C@]3(C)[C@@H]2C(=O)C=C2[C@@H]4C[C@](C)(C(=O)Nc5ccccc5O)CC[C@@]4(C)CC[C@@]23C)C1(C)C. The van der Waals surface area contributed by atoms with Crippen molar-refractivity contribution < 1.29 is 24.2 Å². The minimum atomic E-state index is -0.602. The first kappa shape index (κ1) is 31.4. The zero-order chi connectivity index (χ0) is 32.1. The van der Waals surface area contributed by atoms with E-state index in [1.807, 2.05) is 6.07 Å². The van der Waals surface area contributed by atoms with Crippen molar-refractivity contribution in [1.82, 2.24) is 0 Å². The van der Waals surface area contributed by atoms with Crippen LogP contribution < -0.4 is 5.32 Å². The van der Waals surface area contributed by atoms with Crippen molar-refractivity contribution >= 4 is 23.3 Å². The van der Waals surface area contributed by atoms with Crippen LogP contribution in [-0.4, -0.2) is 28.9 Å². The second-order valence-corrected chi connectivity index (χ2v) is 17.2. The smallest absolute Gasteiger partial charge is 0.302 e. The Morgan fingerprint density at radius 1 is 0.909 bits per heavy atom. The van der Waals surface area contributed by atoms with Gasteiger partial charge >= 0.3 is 5.97 Å². The maximum Gasteiger partial charge on any atom is 0.302 e.